The molecule has 94 valence electrons. The summed E-state index contributed by atoms with van der Waals surface area (Å²) in [6.45, 7) is 0. The summed E-state index contributed by atoms with van der Waals surface area (Å²) in [5.74, 6) is -0.967. The van der Waals surface area contributed by atoms with Crippen LogP contribution in [0.25, 0.3) is 5.69 Å². The summed E-state index contributed by atoms with van der Waals surface area (Å²) in [5, 5.41) is 12.9. The smallest absolute Gasteiger partial charge is 0.320 e. The topological polar surface area (TPSA) is 81.1 Å². The number of carbonyl (C=O) groups is 1. The van der Waals surface area contributed by atoms with Gasteiger partial charge in [-0.05, 0) is 30.5 Å². The number of aryl methyl sites for hydroxylation is 1. The molecule has 0 fully saturated rings. The Hall–Kier alpha value is -2.14. The molecule has 1 unspecified atom stereocenters. The summed E-state index contributed by atoms with van der Waals surface area (Å²) in [5.41, 5.74) is 7.42. The molecular formula is C13H15N3O2. The Kier molecular flexibility index (Phi) is 3.74. The average Bonchev–Trinajstić information content (AvgIpc) is 2.85. The fraction of sp³-hybridized carbons (Fsp3) is 0.231. The molecule has 2 aromatic rings. The van der Waals surface area contributed by atoms with Crippen molar-refractivity contribution in [2.24, 2.45) is 5.73 Å². The van der Waals surface area contributed by atoms with Crippen LogP contribution in [0.15, 0.2) is 42.7 Å². The molecular weight excluding hydrogens is 230 g/mol. The minimum absolute atomic E-state index is 0.413. The van der Waals surface area contributed by atoms with Gasteiger partial charge in [-0.1, -0.05) is 18.2 Å². The fourth-order valence-corrected chi connectivity index (χ4v) is 1.66. The van der Waals surface area contributed by atoms with E-state index in [1.165, 1.54) is 0 Å². The first kappa shape index (κ1) is 12.3. The van der Waals surface area contributed by atoms with Gasteiger partial charge in [0, 0.05) is 6.20 Å². The Morgan fingerprint density at radius 2 is 2.11 bits per heavy atom. The van der Waals surface area contributed by atoms with Crippen LogP contribution in [0, 0.1) is 0 Å². The molecule has 18 heavy (non-hydrogen) atoms. The van der Waals surface area contributed by atoms with Crippen LogP contribution in [0.4, 0.5) is 0 Å². The Balaban J connectivity index is 2.01. The Bertz CT molecular complexity index is 522. The highest BCUT2D eigenvalue weighted by Gasteiger charge is 2.11. The maximum atomic E-state index is 10.6. The summed E-state index contributed by atoms with van der Waals surface area (Å²) in [7, 11) is 0. The van der Waals surface area contributed by atoms with Crippen molar-refractivity contribution in [3.8, 4) is 5.69 Å². The molecule has 2 rings (SSSR count). The van der Waals surface area contributed by atoms with Crippen LogP contribution < -0.4 is 5.73 Å². The summed E-state index contributed by atoms with van der Waals surface area (Å²) >= 11 is 0. The monoisotopic (exact) mass is 245 g/mol. The first-order valence-corrected chi connectivity index (χ1v) is 5.74. The van der Waals surface area contributed by atoms with E-state index in [9.17, 15) is 4.79 Å². The average molecular weight is 245 g/mol. The van der Waals surface area contributed by atoms with E-state index in [2.05, 4.69) is 5.10 Å². The fourth-order valence-electron chi connectivity index (χ4n) is 1.66. The third-order valence-electron chi connectivity index (χ3n) is 2.72. The molecule has 1 atom stereocenters. The van der Waals surface area contributed by atoms with E-state index >= 15 is 0 Å². The van der Waals surface area contributed by atoms with E-state index in [1.54, 1.807) is 10.9 Å². The minimum Gasteiger partial charge on any atom is -0.480 e. The van der Waals surface area contributed by atoms with Crippen molar-refractivity contribution in [2.75, 3.05) is 0 Å². The Morgan fingerprint density at radius 1 is 1.39 bits per heavy atom. The summed E-state index contributed by atoms with van der Waals surface area (Å²) < 4.78 is 1.77. The molecule has 0 aliphatic heterocycles. The van der Waals surface area contributed by atoms with Gasteiger partial charge in [-0.3, -0.25) is 4.79 Å². The van der Waals surface area contributed by atoms with E-state index < -0.39 is 12.0 Å². The first-order chi connectivity index (χ1) is 8.66. The summed E-state index contributed by atoms with van der Waals surface area (Å²) in [6, 6.07) is 8.93. The van der Waals surface area contributed by atoms with Crippen molar-refractivity contribution in [3.63, 3.8) is 0 Å². The van der Waals surface area contributed by atoms with Crippen molar-refractivity contribution < 1.29 is 9.90 Å². The molecule has 1 heterocycles. The number of rotatable bonds is 5. The molecule has 1 aromatic carbocycles. The standard InChI is InChI=1S/C13H15N3O2/c14-12(13(17)18)7-6-10-8-15-16(9-10)11-4-2-1-3-5-11/h1-5,8-9,12H,6-7,14H2,(H,17,18). The van der Waals surface area contributed by atoms with Gasteiger partial charge in [0.15, 0.2) is 0 Å². The Labute approximate surface area is 105 Å². The number of hydrogen-bond acceptors (Lipinski definition) is 3. The SMILES string of the molecule is NC(CCc1cnn(-c2ccccc2)c1)C(=O)O. The quantitative estimate of drug-likeness (QED) is 0.829. The summed E-state index contributed by atoms with van der Waals surface area (Å²) in [6.07, 6.45) is 4.65. The number of benzene rings is 1. The number of nitrogens with two attached hydrogens (primary N) is 1. The van der Waals surface area contributed by atoms with Gasteiger partial charge < -0.3 is 10.8 Å². The maximum absolute atomic E-state index is 10.6. The molecule has 0 saturated carbocycles. The lowest BCUT2D eigenvalue weighted by molar-refractivity contribution is -0.138. The van der Waals surface area contributed by atoms with Crippen molar-refractivity contribution in [1.82, 2.24) is 9.78 Å². The Morgan fingerprint density at radius 3 is 2.78 bits per heavy atom. The number of aliphatic carboxylic acids is 1. The van der Waals surface area contributed by atoms with Crippen LogP contribution in [0.1, 0.15) is 12.0 Å². The van der Waals surface area contributed by atoms with Gasteiger partial charge in [-0.15, -0.1) is 0 Å². The first-order valence-electron chi connectivity index (χ1n) is 5.74. The van der Waals surface area contributed by atoms with Gasteiger partial charge in [0.25, 0.3) is 0 Å². The van der Waals surface area contributed by atoms with Crippen LogP contribution in [0.2, 0.25) is 0 Å². The molecule has 0 amide bonds. The molecule has 5 nitrogen and oxygen atoms in total. The molecule has 0 bridgehead atoms. The number of carboxylic acid groups (broad SMARTS) is 1. The highest BCUT2D eigenvalue weighted by Crippen LogP contribution is 2.09. The minimum atomic E-state index is -0.967. The van der Waals surface area contributed by atoms with E-state index in [4.69, 9.17) is 10.8 Å². The molecule has 0 saturated heterocycles. The van der Waals surface area contributed by atoms with E-state index in [0.29, 0.717) is 12.8 Å². The highest BCUT2D eigenvalue weighted by molar-refractivity contribution is 5.73. The predicted molar refractivity (Wildman–Crippen MR) is 67.5 cm³/mol. The molecule has 0 radical (unpaired) electrons. The predicted octanol–water partition coefficient (Wildman–Crippen LogP) is 1.22. The third-order valence-corrected chi connectivity index (χ3v) is 2.72. The lowest BCUT2D eigenvalue weighted by Gasteiger charge is -2.03. The second-order valence-corrected chi connectivity index (χ2v) is 4.11. The zero-order chi connectivity index (χ0) is 13.0. The van der Waals surface area contributed by atoms with Gasteiger partial charge in [-0.25, -0.2) is 4.68 Å². The molecule has 0 spiro atoms. The number of nitrogens with zero attached hydrogens (tertiary/aromatic N) is 2. The lowest BCUT2D eigenvalue weighted by atomic mass is 10.1. The normalized spacial score (nSPS) is 12.3. The van der Waals surface area contributed by atoms with Gasteiger partial charge >= 0.3 is 5.97 Å². The van der Waals surface area contributed by atoms with Gasteiger partial charge in [-0.2, -0.15) is 5.10 Å². The van der Waals surface area contributed by atoms with Crippen LogP contribution >= 0.6 is 0 Å². The van der Waals surface area contributed by atoms with Crippen LogP contribution in [-0.2, 0) is 11.2 Å². The van der Waals surface area contributed by atoms with Gasteiger partial charge in [0.2, 0.25) is 0 Å². The maximum Gasteiger partial charge on any atom is 0.320 e. The van der Waals surface area contributed by atoms with Crippen LogP contribution in [0.3, 0.4) is 0 Å². The second-order valence-electron chi connectivity index (χ2n) is 4.11. The van der Waals surface area contributed by atoms with Gasteiger partial charge in [0.1, 0.15) is 6.04 Å². The second kappa shape index (κ2) is 5.46. The van der Waals surface area contributed by atoms with Crippen LogP contribution in [0.5, 0.6) is 0 Å². The number of hydrogen-bond donors (Lipinski definition) is 2. The molecule has 1 aromatic heterocycles. The van der Waals surface area contributed by atoms with Crippen molar-refractivity contribution >= 4 is 5.97 Å². The van der Waals surface area contributed by atoms with Crippen molar-refractivity contribution in [1.29, 1.82) is 0 Å². The molecule has 5 heteroatoms. The highest BCUT2D eigenvalue weighted by atomic mass is 16.4. The van der Waals surface area contributed by atoms with E-state index in [0.717, 1.165) is 11.3 Å². The summed E-state index contributed by atoms with van der Waals surface area (Å²) in [4.78, 5) is 10.6. The number of carboxylic acids is 1. The third kappa shape index (κ3) is 2.95. The van der Waals surface area contributed by atoms with E-state index in [1.807, 2.05) is 36.5 Å². The molecule has 0 aliphatic carbocycles. The van der Waals surface area contributed by atoms with Crippen molar-refractivity contribution in [2.45, 2.75) is 18.9 Å². The molecule has 3 N–H and O–H groups in total. The number of para-hydroxylation sites is 1. The number of aromatic nitrogens is 2. The molecule has 0 aliphatic rings. The lowest BCUT2D eigenvalue weighted by Crippen LogP contribution is -2.30. The zero-order valence-corrected chi connectivity index (χ0v) is 9.86. The van der Waals surface area contributed by atoms with E-state index in [-0.39, 0.29) is 0 Å². The van der Waals surface area contributed by atoms with Crippen LogP contribution in [-0.4, -0.2) is 26.9 Å². The zero-order valence-electron chi connectivity index (χ0n) is 9.86. The van der Waals surface area contributed by atoms with Gasteiger partial charge in [0.05, 0.1) is 11.9 Å². The largest absolute Gasteiger partial charge is 0.480 e. The van der Waals surface area contributed by atoms with Crippen molar-refractivity contribution in [3.05, 3.63) is 48.3 Å².